The summed E-state index contributed by atoms with van der Waals surface area (Å²) in [7, 11) is 0. The van der Waals surface area contributed by atoms with E-state index >= 15 is 0 Å². The Kier molecular flexibility index (Phi) is 4.65. The highest BCUT2D eigenvalue weighted by Crippen LogP contribution is 2.15. The number of amides is 1. The van der Waals surface area contributed by atoms with E-state index in [1.807, 2.05) is 6.92 Å². The quantitative estimate of drug-likeness (QED) is 0.594. The fourth-order valence-electron chi connectivity index (χ4n) is 2.08. The van der Waals surface area contributed by atoms with E-state index in [0.717, 1.165) is 19.6 Å². The van der Waals surface area contributed by atoms with Crippen LogP contribution < -0.4 is 10.6 Å². The van der Waals surface area contributed by atoms with Gasteiger partial charge in [-0.2, -0.15) is 0 Å². The number of carbonyl (C=O) groups excluding carboxylic acids is 1. The lowest BCUT2D eigenvalue weighted by atomic mass is 10.1. The number of likely N-dealkylation sites (N-methyl/N-ethyl adjacent to an activating group) is 1. The van der Waals surface area contributed by atoms with Gasteiger partial charge in [0, 0.05) is 37.0 Å². The molecule has 7 heteroatoms. The first-order chi connectivity index (χ1) is 9.60. The van der Waals surface area contributed by atoms with E-state index in [9.17, 15) is 14.9 Å². The van der Waals surface area contributed by atoms with Crippen molar-refractivity contribution in [1.82, 2.24) is 10.2 Å². The first-order valence-corrected chi connectivity index (χ1v) is 6.59. The van der Waals surface area contributed by atoms with Crippen LogP contribution >= 0.6 is 0 Å². The fraction of sp³-hybridized carbons (Fsp3) is 0.462. The molecular formula is C13H18N4O3. The Morgan fingerprint density at radius 3 is 2.55 bits per heavy atom. The number of hydrogen-bond acceptors (Lipinski definition) is 5. The molecule has 0 spiro atoms. The summed E-state index contributed by atoms with van der Waals surface area (Å²) in [5.41, 5.74) is 0.585. The van der Waals surface area contributed by atoms with Crippen molar-refractivity contribution in [1.29, 1.82) is 0 Å². The summed E-state index contributed by atoms with van der Waals surface area (Å²) in [4.78, 5) is 24.1. The lowest BCUT2D eigenvalue weighted by molar-refractivity contribution is -0.384. The number of nitro groups is 1. The maximum atomic E-state index is 11.9. The Bertz CT molecular complexity index is 485. The van der Waals surface area contributed by atoms with E-state index in [-0.39, 0.29) is 11.6 Å². The van der Waals surface area contributed by atoms with E-state index < -0.39 is 4.92 Å². The highest BCUT2D eigenvalue weighted by Gasteiger charge is 2.24. The van der Waals surface area contributed by atoms with Crippen molar-refractivity contribution in [3.05, 3.63) is 34.4 Å². The zero-order valence-electron chi connectivity index (χ0n) is 11.3. The van der Waals surface area contributed by atoms with Crippen LogP contribution in [0.3, 0.4) is 0 Å². The Hall–Kier alpha value is -1.99. The van der Waals surface area contributed by atoms with Crippen LogP contribution in [0.5, 0.6) is 0 Å². The van der Waals surface area contributed by atoms with E-state index in [1.54, 1.807) is 0 Å². The Balaban J connectivity index is 1.88. The number of rotatable bonds is 6. The maximum Gasteiger partial charge on any atom is 0.269 e. The molecule has 1 aliphatic heterocycles. The van der Waals surface area contributed by atoms with E-state index in [4.69, 9.17) is 0 Å². The molecule has 0 radical (unpaired) electrons. The SMILES string of the molecule is CCN(CC(=O)Nc1ccc([N+](=O)[O-])cc1)C1CNC1. The van der Waals surface area contributed by atoms with Crippen LogP contribution in [0.1, 0.15) is 6.92 Å². The topological polar surface area (TPSA) is 87.5 Å². The van der Waals surface area contributed by atoms with Gasteiger partial charge in [-0.15, -0.1) is 0 Å². The van der Waals surface area contributed by atoms with Crippen molar-refractivity contribution < 1.29 is 9.72 Å². The smallest absolute Gasteiger partial charge is 0.269 e. The number of hydrogen-bond donors (Lipinski definition) is 2. The average molecular weight is 278 g/mol. The lowest BCUT2D eigenvalue weighted by Gasteiger charge is -2.37. The summed E-state index contributed by atoms with van der Waals surface area (Å²) in [6.45, 7) is 5.01. The summed E-state index contributed by atoms with van der Waals surface area (Å²) in [5, 5.41) is 16.5. The third-order valence-corrected chi connectivity index (χ3v) is 3.39. The average Bonchev–Trinajstić information content (AvgIpc) is 2.36. The van der Waals surface area contributed by atoms with Crippen molar-refractivity contribution in [3.63, 3.8) is 0 Å². The van der Waals surface area contributed by atoms with Crippen LogP contribution in [0.15, 0.2) is 24.3 Å². The second-order valence-electron chi connectivity index (χ2n) is 4.73. The van der Waals surface area contributed by atoms with Gasteiger partial charge in [-0.3, -0.25) is 19.8 Å². The Labute approximate surface area is 117 Å². The molecule has 1 aliphatic rings. The highest BCUT2D eigenvalue weighted by molar-refractivity contribution is 5.92. The molecule has 0 unspecified atom stereocenters. The molecule has 1 aromatic carbocycles. The molecule has 1 saturated heterocycles. The van der Waals surface area contributed by atoms with Gasteiger partial charge in [-0.25, -0.2) is 0 Å². The third kappa shape index (κ3) is 3.52. The van der Waals surface area contributed by atoms with Crippen molar-refractivity contribution in [3.8, 4) is 0 Å². The molecule has 1 amide bonds. The third-order valence-electron chi connectivity index (χ3n) is 3.39. The molecule has 0 atom stereocenters. The minimum Gasteiger partial charge on any atom is -0.325 e. The van der Waals surface area contributed by atoms with Gasteiger partial charge in [-0.1, -0.05) is 6.92 Å². The first kappa shape index (κ1) is 14.4. The van der Waals surface area contributed by atoms with Gasteiger partial charge >= 0.3 is 0 Å². The standard InChI is InChI=1S/C13H18N4O3/c1-2-16(12-7-14-8-12)9-13(18)15-10-3-5-11(6-4-10)17(19)20/h3-6,12,14H,2,7-9H2,1H3,(H,15,18). The number of carbonyl (C=O) groups is 1. The predicted molar refractivity (Wildman–Crippen MR) is 75.6 cm³/mol. The molecule has 0 aliphatic carbocycles. The van der Waals surface area contributed by atoms with Crippen LogP contribution in [0.2, 0.25) is 0 Å². The van der Waals surface area contributed by atoms with Crippen LogP contribution in [-0.2, 0) is 4.79 Å². The van der Waals surface area contributed by atoms with Gasteiger partial charge in [0.05, 0.1) is 11.5 Å². The van der Waals surface area contributed by atoms with Gasteiger partial charge < -0.3 is 10.6 Å². The first-order valence-electron chi connectivity index (χ1n) is 6.59. The summed E-state index contributed by atoms with van der Waals surface area (Å²) < 4.78 is 0. The van der Waals surface area contributed by atoms with Crippen molar-refractivity contribution in [2.24, 2.45) is 0 Å². The number of anilines is 1. The normalized spacial score (nSPS) is 14.9. The van der Waals surface area contributed by atoms with E-state index in [1.165, 1.54) is 24.3 Å². The molecule has 1 fully saturated rings. The number of nitro benzene ring substituents is 1. The van der Waals surface area contributed by atoms with Gasteiger partial charge in [0.25, 0.3) is 5.69 Å². The fourth-order valence-corrected chi connectivity index (χ4v) is 2.08. The minimum atomic E-state index is -0.464. The summed E-state index contributed by atoms with van der Waals surface area (Å²) in [6.07, 6.45) is 0. The molecule has 108 valence electrons. The largest absolute Gasteiger partial charge is 0.325 e. The highest BCUT2D eigenvalue weighted by atomic mass is 16.6. The molecule has 0 bridgehead atoms. The molecule has 0 aromatic heterocycles. The lowest BCUT2D eigenvalue weighted by Crippen LogP contribution is -2.58. The molecule has 0 saturated carbocycles. The van der Waals surface area contributed by atoms with Crippen LogP contribution in [-0.4, -0.2) is 48.0 Å². The number of nitrogens with one attached hydrogen (secondary N) is 2. The van der Waals surface area contributed by atoms with E-state index in [0.29, 0.717) is 18.3 Å². The van der Waals surface area contributed by atoms with Crippen molar-refractivity contribution in [2.75, 3.05) is 31.5 Å². The van der Waals surface area contributed by atoms with Crippen molar-refractivity contribution in [2.45, 2.75) is 13.0 Å². The van der Waals surface area contributed by atoms with Crippen molar-refractivity contribution >= 4 is 17.3 Å². The van der Waals surface area contributed by atoms with Gasteiger partial charge in [-0.05, 0) is 18.7 Å². The molecule has 7 nitrogen and oxygen atoms in total. The monoisotopic (exact) mass is 278 g/mol. The summed E-state index contributed by atoms with van der Waals surface area (Å²) in [5.74, 6) is -0.104. The van der Waals surface area contributed by atoms with Crippen LogP contribution in [0.4, 0.5) is 11.4 Å². The Morgan fingerprint density at radius 2 is 2.10 bits per heavy atom. The molecule has 1 heterocycles. The van der Waals surface area contributed by atoms with Gasteiger partial charge in [0.2, 0.25) is 5.91 Å². The number of non-ortho nitro benzene ring substituents is 1. The second kappa shape index (κ2) is 6.44. The molecule has 2 rings (SSSR count). The number of benzene rings is 1. The summed E-state index contributed by atoms with van der Waals surface area (Å²) in [6, 6.07) is 6.25. The molecule has 20 heavy (non-hydrogen) atoms. The molecule has 1 aromatic rings. The maximum absolute atomic E-state index is 11.9. The number of nitrogens with zero attached hydrogens (tertiary/aromatic N) is 2. The predicted octanol–water partition coefficient (Wildman–Crippen LogP) is 0.827. The zero-order chi connectivity index (χ0) is 14.5. The van der Waals surface area contributed by atoms with E-state index in [2.05, 4.69) is 15.5 Å². The van der Waals surface area contributed by atoms with Crippen LogP contribution in [0.25, 0.3) is 0 Å². The van der Waals surface area contributed by atoms with Gasteiger partial charge in [0.1, 0.15) is 0 Å². The zero-order valence-corrected chi connectivity index (χ0v) is 11.3. The minimum absolute atomic E-state index is 0.0127. The summed E-state index contributed by atoms with van der Waals surface area (Å²) >= 11 is 0. The van der Waals surface area contributed by atoms with Gasteiger partial charge in [0.15, 0.2) is 0 Å². The molecule has 2 N–H and O–H groups in total. The molecular weight excluding hydrogens is 260 g/mol. The van der Waals surface area contributed by atoms with Crippen LogP contribution in [0, 0.1) is 10.1 Å². The second-order valence-corrected chi connectivity index (χ2v) is 4.73. The Morgan fingerprint density at radius 1 is 1.45 bits per heavy atom.